The smallest absolute Gasteiger partial charge is 0.237 e. The number of nitrogens with two attached hydrogens (primary N) is 2. The van der Waals surface area contributed by atoms with Gasteiger partial charge in [-0.2, -0.15) is 0 Å². The largest absolute Gasteiger partial charge is 0.368 e. The summed E-state index contributed by atoms with van der Waals surface area (Å²) in [5, 5.41) is 0.781. The van der Waals surface area contributed by atoms with Gasteiger partial charge in [-0.3, -0.25) is 4.79 Å². The minimum Gasteiger partial charge on any atom is -0.368 e. The Morgan fingerprint density at radius 1 is 1.39 bits per heavy atom. The molecule has 100 valence electrons. The first-order chi connectivity index (χ1) is 8.43. The molecule has 1 aromatic rings. The van der Waals surface area contributed by atoms with E-state index in [1.807, 2.05) is 24.3 Å². The van der Waals surface area contributed by atoms with Crippen molar-refractivity contribution in [1.82, 2.24) is 0 Å². The van der Waals surface area contributed by atoms with Gasteiger partial charge in [0.1, 0.15) is 0 Å². The Bertz CT molecular complexity index is 410. The first kappa shape index (κ1) is 15.3. The van der Waals surface area contributed by atoms with Crippen molar-refractivity contribution in [1.29, 1.82) is 0 Å². The number of halogens is 1. The number of benzene rings is 1. The van der Waals surface area contributed by atoms with E-state index in [9.17, 15) is 4.79 Å². The molecule has 18 heavy (non-hydrogen) atoms. The molecular formula is C13H19ClN2OS. The highest BCUT2D eigenvalue weighted by Gasteiger charge is 2.24. The predicted molar refractivity (Wildman–Crippen MR) is 77.8 cm³/mol. The Morgan fingerprint density at radius 2 is 2.06 bits per heavy atom. The fourth-order valence-electron chi connectivity index (χ4n) is 1.46. The first-order valence-corrected chi connectivity index (χ1v) is 7.26. The zero-order valence-electron chi connectivity index (χ0n) is 10.5. The van der Waals surface area contributed by atoms with Crippen molar-refractivity contribution in [3.8, 4) is 0 Å². The SMILES string of the molecule is CC(N)(CCCCSc1ccccc1Cl)C(N)=O. The van der Waals surface area contributed by atoms with Crippen LogP contribution in [0.25, 0.3) is 0 Å². The lowest BCUT2D eigenvalue weighted by Gasteiger charge is -2.19. The Labute approximate surface area is 117 Å². The zero-order valence-corrected chi connectivity index (χ0v) is 12.1. The van der Waals surface area contributed by atoms with Gasteiger partial charge in [-0.05, 0) is 37.7 Å². The fourth-order valence-corrected chi connectivity index (χ4v) is 2.71. The number of hydrogen-bond donors (Lipinski definition) is 2. The van der Waals surface area contributed by atoms with Crippen LogP contribution in [0, 0.1) is 0 Å². The molecule has 3 nitrogen and oxygen atoms in total. The van der Waals surface area contributed by atoms with Crippen molar-refractivity contribution in [3.05, 3.63) is 29.3 Å². The van der Waals surface area contributed by atoms with Crippen LogP contribution in [0.2, 0.25) is 5.02 Å². The van der Waals surface area contributed by atoms with Gasteiger partial charge in [-0.25, -0.2) is 0 Å². The molecule has 0 spiro atoms. The quantitative estimate of drug-likeness (QED) is 0.598. The lowest BCUT2D eigenvalue weighted by molar-refractivity contribution is -0.122. The van der Waals surface area contributed by atoms with Crippen molar-refractivity contribution in [3.63, 3.8) is 0 Å². The number of carbonyl (C=O) groups excluding carboxylic acids is 1. The molecule has 0 fully saturated rings. The molecule has 1 atom stereocenters. The molecule has 0 aliphatic rings. The molecule has 5 heteroatoms. The van der Waals surface area contributed by atoms with Crippen LogP contribution in [0.1, 0.15) is 26.2 Å². The summed E-state index contributed by atoms with van der Waals surface area (Å²) in [7, 11) is 0. The van der Waals surface area contributed by atoms with Crippen molar-refractivity contribution in [2.45, 2.75) is 36.6 Å². The number of amides is 1. The number of hydrogen-bond acceptors (Lipinski definition) is 3. The summed E-state index contributed by atoms with van der Waals surface area (Å²) in [4.78, 5) is 12.1. The van der Waals surface area contributed by atoms with Crippen molar-refractivity contribution in [2.75, 3.05) is 5.75 Å². The number of carbonyl (C=O) groups is 1. The summed E-state index contributed by atoms with van der Waals surface area (Å²) < 4.78 is 0. The van der Waals surface area contributed by atoms with Gasteiger partial charge in [-0.1, -0.05) is 30.2 Å². The second-order valence-electron chi connectivity index (χ2n) is 4.52. The molecule has 4 N–H and O–H groups in total. The molecule has 1 unspecified atom stereocenters. The lowest BCUT2D eigenvalue weighted by atomic mass is 9.96. The number of rotatable bonds is 7. The Hall–Kier alpha value is -0.710. The maximum Gasteiger partial charge on any atom is 0.237 e. The number of primary amides is 1. The third kappa shape index (κ3) is 4.88. The van der Waals surface area contributed by atoms with E-state index in [-0.39, 0.29) is 0 Å². The molecule has 0 heterocycles. The molecule has 0 aromatic heterocycles. The monoisotopic (exact) mass is 286 g/mol. The molecule has 0 bridgehead atoms. The van der Waals surface area contributed by atoms with Gasteiger partial charge in [0, 0.05) is 4.90 Å². The zero-order chi connectivity index (χ0) is 13.6. The van der Waals surface area contributed by atoms with E-state index in [1.165, 1.54) is 0 Å². The van der Waals surface area contributed by atoms with E-state index < -0.39 is 11.4 Å². The molecule has 0 radical (unpaired) electrons. The topological polar surface area (TPSA) is 69.1 Å². The highest BCUT2D eigenvalue weighted by molar-refractivity contribution is 7.99. The molecular weight excluding hydrogens is 268 g/mol. The van der Waals surface area contributed by atoms with Crippen molar-refractivity contribution in [2.24, 2.45) is 11.5 Å². The number of thioether (sulfide) groups is 1. The van der Waals surface area contributed by atoms with E-state index in [2.05, 4.69) is 0 Å². The highest BCUT2D eigenvalue weighted by Crippen LogP contribution is 2.27. The summed E-state index contributed by atoms with van der Waals surface area (Å²) in [5.74, 6) is 0.514. The van der Waals surface area contributed by atoms with E-state index in [4.69, 9.17) is 23.1 Å². The second kappa shape index (κ2) is 7.02. The van der Waals surface area contributed by atoms with Gasteiger partial charge in [0.2, 0.25) is 5.91 Å². The molecule has 1 amide bonds. The van der Waals surface area contributed by atoms with E-state index in [0.717, 1.165) is 28.5 Å². The van der Waals surface area contributed by atoms with Crippen LogP contribution in [0.5, 0.6) is 0 Å². The Morgan fingerprint density at radius 3 is 2.67 bits per heavy atom. The molecule has 0 aliphatic heterocycles. The van der Waals surface area contributed by atoms with Gasteiger partial charge in [0.15, 0.2) is 0 Å². The molecule has 1 aromatic carbocycles. The molecule has 0 aliphatic carbocycles. The van der Waals surface area contributed by atoms with Gasteiger partial charge in [0.05, 0.1) is 10.6 Å². The standard InChI is InChI=1S/C13H19ClN2OS/c1-13(16,12(15)17)8-4-5-9-18-11-7-3-2-6-10(11)14/h2-3,6-7H,4-5,8-9,16H2,1H3,(H2,15,17). The predicted octanol–water partition coefficient (Wildman–Crippen LogP) is 2.81. The van der Waals surface area contributed by atoms with Crippen LogP contribution in [-0.2, 0) is 4.79 Å². The highest BCUT2D eigenvalue weighted by atomic mass is 35.5. The van der Waals surface area contributed by atoms with Crippen LogP contribution >= 0.6 is 23.4 Å². The Balaban J connectivity index is 2.24. The van der Waals surface area contributed by atoms with Crippen molar-refractivity contribution >= 4 is 29.3 Å². The van der Waals surface area contributed by atoms with Gasteiger partial charge >= 0.3 is 0 Å². The van der Waals surface area contributed by atoms with Gasteiger partial charge in [0.25, 0.3) is 0 Å². The van der Waals surface area contributed by atoms with Gasteiger partial charge < -0.3 is 11.5 Å². The average molecular weight is 287 g/mol. The third-order valence-corrected chi connectivity index (χ3v) is 4.35. The fraction of sp³-hybridized carbons (Fsp3) is 0.462. The van der Waals surface area contributed by atoms with E-state index >= 15 is 0 Å². The van der Waals surface area contributed by atoms with E-state index in [0.29, 0.717) is 6.42 Å². The minimum absolute atomic E-state index is 0.443. The summed E-state index contributed by atoms with van der Waals surface area (Å²) >= 11 is 7.77. The van der Waals surface area contributed by atoms with Crippen LogP contribution in [0.4, 0.5) is 0 Å². The average Bonchev–Trinajstić information content (AvgIpc) is 2.30. The van der Waals surface area contributed by atoms with Crippen LogP contribution in [0.15, 0.2) is 29.2 Å². The van der Waals surface area contributed by atoms with Crippen LogP contribution in [-0.4, -0.2) is 17.2 Å². The first-order valence-electron chi connectivity index (χ1n) is 5.89. The van der Waals surface area contributed by atoms with E-state index in [1.54, 1.807) is 18.7 Å². The Kier molecular flexibility index (Phi) is 5.99. The van der Waals surface area contributed by atoms with Gasteiger partial charge in [-0.15, -0.1) is 11.8 Å². The van der Waals surface area contributed by atoms with Crippen molar-refractivity contribution < 1.29 is 4.79 Å². The molecule has 1 rings (SSSR count). The maximum atomic E-state index is 11.0. The third-order valence-electron chi connectivity index (χ3n) is 2.75. The normalized spacial score (nSPS) is 14.2. The van der Waals surface area contributed by atoms with Crippen LogP contribution in [0.3, 0.4) is 0 Å². The molecule has 0 saturated carbocycles. The summed E-state index contributed by atoms with van der Waals surface area (Å²) in [6.07, 6.45) is 2.48. The summed E-state index contributed by atoms with van der Waals surface area (Å²) in [5.41, 5.74) is 10.1. The lowest BCUT2D eigenvalue weighted by Crippen LogP contribution is -2.49. The number of unbranched alkanes of at least 4 members (excludes halogenated alkanes) is 1. The second-order valence-corrected chi connectivity index (χ2v) is 6.06. The summed E-state index contributed by atoms with van der Waals surface area (Å²) in [6.45, 7) is 1.68. The summed E-state index contributed by atoms with van der Waals surface area (Å²) in [6, 6.07) is 7.77. The van der Waals surface area contributed by atoms with Crippen LogP contribution < -0.4 is 11.5 Å². The maximum absolute atomic E-state index is 11.0. The molecule has 0 saturated heterocycles. The minimum atomic E-state index is -0.894.